The number of nitrogens with one attached hydrogen (secondary N) is 1. The third-order valence-electron chi connectivity index (χ3n) is 3.22. The maximum Gasteiger partial charge on any atom is 0.250 e. The third-order valence-corrected chi connectivity index (χ3v) is 5.14. The number of thiophene rings is 2. The van der Waals surface area contributed by atoms with Crippen LogP contribution in [0, 0.1) is 0 Å². The molecule has 18 heavy (non-hydrogen) atoms. The zero-order valence-electron chi connectivity index (χ0n) is 10.1. The first-order chi connectivity index (χ1) is 8.81. The maximum atomic E-state index is 12.6. The van der Waals surface area contributed by atoms with Crippen molar-refractivity contribution in [1.82, 2.24) is 5.32 Å². The van der Waals surface area contributed by atoms with Crippen molar-refractivity contribution >= 4 is 33.6 Å². The molecule has 1 atom stereocenters. The Hall–Kier alpha value is -1.17. The van der Waals surface area contributed by atoms with Gasteiger partial charge >= 0.3 is 0 Å². The zero-order chi connectivity index (χ0) is 12.5. The van der Waals surface area contributed by atoms with Gasteiger partial charge in [-0.2, -0.15) is 0 Å². The van der Waals surface area contributed by atoms with Crippen LogP contribution in [-0.2, 0) is 11.2 Å². The minimum absolute atomic E-state index is 0.154. The van der Waals surface area contributed by atoms with Crippen LogP contribution in [0.2, 0.25) is 0 Å². The molecule has 2 aromatic heterocycles. The van der Waals surface area contributed by atoms with E-state index in [1.807, 2.05) is 29.5 Å². The Labute approximate surface area is 114 Å². The normalized spacial score (nSPS) is 19.7. The van der Waals surface area contributed by atoms with Crippen LogP contribution in [0.1, 0.15) is 16.5 Å². The first-order valence-corrected chi connectivity index (χ1v) is 7.65. The fourth-order valence-electron chi connectivity index (χ4n) is 2.31. The number of carbonyl (C=O) groups is 1. The Balaban J connectivity index is 1.99. The molecular formula is C13H14N2OS2. The number of hydrogen-bond acceptors (Lipinski definition) is 4. The van der Waals surface area contributed by atoms with E-state index in [9.17, 15) is 4.79 Å². The minimum atomic E-state index is -0.204. The van der Waals surface area contributed by atoms with Gasteiger partial charge in [0.25, 0.3) is 0 Å². The first-order valence-electron chi connectivity index (χ1n) is 5.89. The van der Waals surface area contributed by atoms with E-state index in [1.165, 1.54) is 10.4 Å². The third kappa shape index (κ3) is 1.88. The fraction of sp³-hybridized carbons (Fsp3) is 0.308. The number of rotatable bonds is 2. The lowest BCUT2D eigenvalue weighted by Gasteiger charge is -2.22. The zero-order valence-corrected chi connectivity index (χ0v) is 11.7. The highest BCUT2D eigenvalue weighted by molar-refractivity contribution is 7.14. The molecule has 94 valence electrons. The second-order valence-electron chi connectivity index (χ2n) is 4.22. The summed E-state index contributed by atoms with van der Waals surface area (Å²) in [6, 6.07) is 5.93. The summed E-state index contributed by atoms with van der Waals surface area (Å²) in [5.74, 6) is 0.154. The van der Waals surface area contributed by atoms with Gasteiger partial charge in [0.2, 0.25) is 5.91 Å². The van der Waals surface area contributed by atoms with Crippen LogP contribution in [0.3, 0.4) is 0 Å². The largest absolute Gasteiger partial charge is 0.305 e. The van der Waals surface area contributed by atoms with Crippen molar-refractivity contribution in [2.45, 2.75) is 12.5 Å². The molecule has 0 fully saturated rings. The predicted octanol–water partition coefficient (Wildman–Crippen LogP) is 2.66. The Morgan fingerprint density at radius 3 is 2.94 bits per heavy atom. The average Bonchev–Trinajstić information content (AvgIpc) is 3.01. The van der Waals surface area contributed by atoms with E-state index in [0.29, 0.717) is 0 Å². The molecule has 3 rings (SSSR count). The standard InChI is InChI=1S/C13H14N2OS2/c1-14-11-12-9(5-8-18-12)4-6-15(13(11)16)10-3-2-7-17-10/h2-3,5,7-8,11,14H,4,6H2,1H3. The van der Waals surface area contributed by atoms with E-state index < -0.39 is 0 Å². The topological polar surface area (TPSA) is 32.3 Å². The molecule has 0 spiro atoms. The fourth-order valence-corrected chi connectivity index (χ4v) is 4.13. The van der Waals surface area contributed by atoms with Crippen LogP contribution in [0.25, 0.3) is 0 Å². The second-order valence-corrected chi connectivity index (χ2v) is 6.10. The Bertz CT molecular complexity index is 547. The van der Waals surface area contributed by atoms with Crippen molar-refractivity contribution in [1.29, 1.82) is 0 Å². The summed E-state index contributed by atoms with van der Waals surface area (Å²) in [4.78, 5) is 15.7. The number of carbonyl (C=O) groups excluding carboxylic acids is 1. The Kier molecular flexibility index (Phi) is 3.20. The van der Waals surface area contributed by atoms with Crippen LogP contribution in [0.15, 0.2) is 29.0 Å². The molecular weight excluding hydrogens is 264 g/mol. The highest BCUT2D eigenvalue weighted by Gasteiger charge is 2.31. The highest BCUT2D eigenvalue weighted by Crippen LogP contribution is 2.32. The van der Waals surface area contributed by atoms with E-state index in [4.69, 9.17) is 0 Å². The lowest BCUT2D eigenvalue weighted by molar-refractivity contribution is -0.120. The average molecular weight is 278 g/mol. The van der Waals surface area contributed by atoms with Crippen LogP contribution < -0.4 is 10.2 Å². The van der Waals surface area contributed by atoms with E-state index in [1.54, 1.807) is 22.7 Å². The summed E-state index contributed by atoms with van der Waals surface area (Å²) in [5.41, 5.74) is 1.30. The summed E-state index contributed by atoms with van der Waals surface area (Å²) in [7, 11) is 1.85. The number of amides is 1. The van der Waals surface area contributed by atoms with Gasteiger partial charge in [-0.25, -0.2) is 0 Å². The van der Waals surface area contributed by atoms with Gasteiger partial charge in [-0.15, -0.1) is 22.7 Å². The van der Waals surface area contributed by atoms with Crippen LogP contribution in [-0.4, -0.2) is 19.5 Å². The van der Waals surface area contributed by atoms with Gasteiger partial charge in [-0.1, -0.05) is 0 Å². The van der Waals surface area contributed by atoms with Crippen molar-refractivity contribution < 1.29 is 4.79 Å². The summed E-state index contributed by atoms with van der Waals surface area (Å²) < 4.78 is 0. The first kappa shape index (κ1) is 11.9. The molecule has 1 aliphatic heterocycles. The monoisotopic (exact) mass is 278 g/mol. The Morgan fingerprint density at radius 2 is 2.22 bits per heavy atom. The second kappa shape index (κ2) is 4.84. The molecule has 0 bridgehead atoms. The highest BCUT2D eigenvalue weighted by atomic mass is 32.1. The number of likely N-dealkylation sites (N-methyl/N-ethyl adjacent to an activating group) is 1. The molecule has 2 aromatic rings. The van der Waals surface area contributed by atoms with E-state index in [-0.39, 0.29) is 11.9 Å². The van der Waals surface area contributed by atoms with Crippen LogP contribution in [0.5, 0.6) is 0 Å². The van der Waals surface area contributed by atoms with Gasteiger partial charge in [0, 0.05) is 11.4 Å². The van der Waals surface area contributed by atoms with Gasteiger partial charge in [0.1, 0.15) is 6.04 Å². The van der Waals surface area contributed by atoms with E-state index in [0.717, 1.165) is 18.0 Å². The van der Waals surface area contributed by atoms with Crippen molar-refractivity contribution in [2.75, 3.05) is 18.5 Å². The summed E-state index contributed by atoms with van der Waals surface area (Å²) in [5, 5.41) is 8.27. The molecule has 3 heterocycles. The molecule has 0 saturated heterocycles. The molecule has 0 saturated carbocycles. The van der Waals surface area contributed by atoms with Crippen molar-refractivity contribution in [3.63, 3.8) is 0 Å². The Morgan fingerprint density at radius 1 is 1.33 bits per heavy atom. The smallest absolute Gasteiger partial charge is 0.250 e. The van der Waals surface area contributed by atoms with Crippen molar-refractivity contribution in [3.05, 3.63) is 39.4 Å². The van der Waals surface area contributed by atoms with Crippen LogP contribution >= 0.6 is 22.7 Å². The molecule has 1 aliphatic rings. The summed E-state index contributed by atoms with van der Waals surface area (Å²) in [6.07, 6.45) is 0.931. The quantitative estimate of drug-likeness (QED) is 0.916. The molecule has 0 radical (unpaired) electrons. The number of hydrogen-bond donors (Lipinski definition) is 1. The molecule has 3 nitrogen and oxygen atoms in total. The lowest BCUT2D eigenvalue weighted by atomic mass is 10.1. The van der Waals surface area contributed by atoms with Gasteiger partial charge in [0.15, 0.2) is 0 Å². The van der Waals surface area contributed by atoms with Crippen molar-refractivity contribution in [3.8, 4) is 0 Å². The van der Waals surface area contributed by atoms with Crippen LogP contribution in [0.4, 0.5) is 5.00 Å². The molecule has 0 aliphatic carbocycles. The van der Waals surface area contributed by atoms with Gasteiger partial charge < -0.3 is 10.2 Å². The molecule has 0 aromatic carbocycles. The summed E-state index contributed by atoms with van der Waals surface area (Å²) in [6.45, 7) is 0.765. The minimum Gasteiger partial charge on any atom is -0.305 e. The van der Waals surface area contributed by atoms with E-state index in [2.05, 4.69) is 16.8 Å². The van der Waals surface area contributed by atoms with Gasteiger partial charge in [-0.05, 0) is 48.0 Å². The molecule has 5 heteroatoms. The van der Waals surface area contributed by atoms with Crippen molar-refractivity contribution in [2.24, 2.45) is 0 Å². The number of anilines is 1. The molecule has 1 amide bonds. The van der Waals surface area contributed by atoms with E-state index >= 15 is 0 Å². The van der Waals surface area contributed by atoms with Gasteiger partial charge in [0.05, 0.1) is 5.00 Å². The lowest BCUT2D eigenvalue weighted by Crippen LogP contribution is -2.38. The SMILES string of the molecule is CNC1C(=O)N(c2cccs2)CCc2ccsc21. The maximum absolute atomic E-state index is 12.6. The van der Waals surface area contributed by atoms with Gasteiger partial charge in [-0.3, -0.25) is 4.79 Å². The number of fused-ring (bicyclic) bond motifs is 1. The predicted molar refractivity (Wildman–Crippen MR) is 76.5 cm³/mol. The molecule has 1 unspecified atom stereocenters. The summed E-state index contributed by atoms with van der Waals surface area (Å²) >= 11 is 3.28. The number of nitrogens with zero attached hydrogens (tertiary/aromatic N) is 1. The molecule has 1 N–H and O–H groups in total.